The maximum Gasteiger partial charge on any atom is 0.446 e. The first-order chi connectivity index (χ1) is 10.1. The van der Waals surface area contributed by atoms with E-state index in [2.05, 4.69) is 4.98 Å². The highest BCUT2D eigenvalue weighted by Crippen LogP contribution is 2.37. The quantitative estimate of drug-likeness (QED) is 0.607. The summed E-state index contributed by atoms with van der Waals surface area (Å²) in [6.07, 6.45) is 0. The lowest BCUT2D eigenvalue weighted by molar-refractivity contribution is -0.0328. The molecule has 2 rings (SSSR count). The second-order valence-electron chi connectivity index (χ2n) is 4.30. The number of hydrogen-bond acceptors (Lipinski definition) is 6. The van der Waals surface area contributed by atoms with Crippen molar-refractivity contribution < 1.29 is 30.8 Å². The van der Waals surface area contributed by atoms with Crippen molar-refractivity contribution in [3.63, 3.8) is 0 Å². The van der Waals surface area contributed by atoms with Gasteiger partial charge in [-0.15, -0.1) is 0 Å². The number of nitrogens with zero attached hydrogens (tertiary/aromatic N) is 1. The zero-order chi connectivity index (χ0) is 16.5. The SMILES string of the molecule is CCS(=O)(=O)CC(=O)c1nc2cc(SC(F)(F)F)ccc2o1. The summed E-state index contributed by atoms with van der Waals surface area (Å²) < 4.78 is 64.8. The van der Waals surface area contributed by atoms with Crippen molar-refractivity contribution in [1.82, 2.24) is 4.98 Å². The number of oxazole rings is 1. The number of halogens is 3. The van der Waals surface area contributed by atoms with Crippen molar-refractivity contribution in [2.24, 2.45) is 0 Å². The van der Waals surface area contributed by atoms with E-state index in [4.69, 9.17) is 4.42 Å². The second kappa shape index (κ2) is 5.92. The third-order valence-corrected chi connectivity index (χ3v) is 4.92. The van der Waals surface area contributed by atoms with E-state index < -0.39 is 32.8 Å². The van der Waals surface area contributed by atoms with Crippen LogP contribution in [0.4, 0.5) is 13.2 Å². The third kappa shape index (κ3) is 4.23. The number of benzene rings is 1. The minimum absolute atomic E-state index is 0.0616. The Morgan fingerprint density at radius 2 is 2.05 bits per heavy atom. The highest BCUT2D eigenvalue weighted by Gasteiger charge is 2.29. The van der Waals surface area contributed by atoms with E-state index in [9.17, 15) is 26.4 Å². The molecule has 0 spiro atoms. The molecule has 0 saturated heterocycles. The standard InChI is InChI=1S/C12H10F3NO4S2/c1-2-22(18,19)6-9(17)11-16-8-5-7(21-12(13,14)15)3-4-10(8)20-11/h3-5H,2,6H2,1H3. The summed E-state index contributed by atoms with van der Waals surface area (Å²) in [5.41, 5.74) is -4.26. The molecule has 2 aromatic rings. The van der Waals surface area contributed by atoms with Gasteiger partial charge < -0.3 is 4.42 Å². The first kappa shape index (κ1) is 16.8. The number of Topliss-reactive ketones (excluding diaryl/α,β-unsaturated/α-hetero) is 1. The summed E-state index contributed by atoms with van der Waals surface area (Å²) >= 11 is -0.316. The van der Waals surface area contributed by atoms with Crippen molar-refractivity contribution >= 4 is 38.5 Å². The van der Waals surface area contributed by atoms with E-state index in [0.717, 1.165) is 6.07 Å². The van der Waals surface area contributed by atoms with Gasteiger partial charge >= 0.3 is 5.51 Å². The van der Waals surface area contributed by atoms with Crippen LogP contribution in [0.2, 0.25) is 0 Å². The molecule has 0 bridgehead atoms. The normalized spacial score (nSPS) is 12.7. The third-order valence-electron chi connectivity index (χ3n) is 2.62. The molecule has 1 aromatic heterocycles. The van der Waals surface area contributed by atoms with E-state index >= 15 is 0 Å². The fourth-order valence-corrected chi connectivity index (χ4v) is 2.89. The van der Waals surface area contributed by atoms with E-state index in [1.807, 2.05) is 0 Å². The van der Waals surface area contributed by atoms with Crippen LogP contribution in [0.5, 0.6) is 0 Å². The smallest absolute Gasteiger partial charge is 0.434 e. The van der Waals surface area contributed by atoms with Crippen LogP contribution >= 0.6 is 11.8 Å². The monoisotopic (exact) mass is 353 g/mol. The maximum atomic E-state index is 12.3. The van der Waals surface area contributed by atoms with Gasteiger partial charge in [-0.1, -0.05) is 6.92 Å². The lowest BCUT2D eigenvalue weighted by Crippen LogP contribution is -2.17. The van der Waals surface area contributed by atoms with Crippen molar-refractivity contribution in [1.29, 1.82) is 0 Å². The molecule has 1 heterocycles. The Hall–Kier alpha value is -1.55. The van der Waals surface area contributed by atoms with E-state index in [1.54, 1.807) is 0 Å². The van der Waals surface area contributed by atoms with Gasteiger partial charge in [-0.25, -0.2) is 13.4 Å². The molecule has 0 aliphatic rings. The predicted octanol–water partition coefficient (Wildman–Crippen LogP) is 3.06. The highest BCUT2D eigenvalue weighted by molar-refractivity contribution is 8.00. The first-order valence-corrected chi connectivity index (χ1v) is 8.63. The van der Waals surface area contributed by atoms with Crippen LogP contribution in [0, 0.1) is 0 Å². The molecule has 22 heavy (non-hydrogen) atoms. The molecule has 0 unspecified atom stereocenters. The predicted molar refractivity (Wildman–Crippen MR) is 74.6 cm³/mol. The number of thioether (sulfide) groups is 1. The fourth-order valence-electron chi connectivity index (χ4n) is 1.59. The summed E-state index contributed by atoms with van der Waals surface area (Å²) in [7, 11) is -3.54. The molecule has 0 aliphatic heterocycles. The summed E-state index contributed by atoms with van der Waals surface area (Å²) in [5.74, 6) is -2.21. The zero-order valence-electron chi connectivity index (χ0n) is 11.2. The summed E-state index contributed by atoms with van der Waals surface area (Å²) in [4.78, 5) is 15.4. The number of carbonyl (C=O) groups is 1. The topological polar surface area (TPSA) is 77.2 Å². The lowest BCUT2D eigenvalue weighted by atomic mass is 10.3. The number of carbonyl (C=O) groups excluding carboxylic acids is 1. The average Bonchev–Trinajstić information content (AvgIpc) is 2.79. The van der Waals surface area contributed by atoms with E-state index in [1.165, 1.54) is 19.1 Å². The summed E-state index contributed by atoms with van der Waals surface area (Å²) in [6.45, 7) is 1.40. The van der Waals surface area contributed by atoms with Gasteiger partial charge in [0, 0.05) is 10.6 Å². The maximum absolute atomic E-state index is 12.3. The minimum atomic E-state index is -4.44. The van der Waals surface area contributed by atoms with Crippen molar-refractivity contribution in [2.45, 2.75) is 17.3 Å². The van der Waals surface area contributed by atoms with Crippen LogP contribution in [0.25, 0.3) is 11.1 Å². The number of sulfone groups is 1. The molecule has 5 nitrogen and oxygen atoms in total. The molecule has 0 N–H and O–H groups in total. The van der Waals surface area contributed by atoms with Crippen LogP contribution in [-0.2, 0) is 9.84 Å². The molecule has 1 aromatic carbocycles. The Labute approximate surface area is 127 Å². The highest BCUT2D eigenvalue weighted by atomic mass is 32.2. The van der Waals surface area contributed by atoms with Crippen LogP contribution < -0.4 is 0 Å². The van der Waals surface area contributed by atoms with Gasteiger partial charge in [-0.2, -0.15) is 13.2 Å². The van der Waals surface area contributed by atoms with E-state index in [-0.39, 0.29) is 33.5 Å². The van der Waals surface area contributed by atoms with Gasteiger partial charge in [0.25, 0.3) is 5.89 Å². The molecule has 0 saturated carbocycles. The molecule has 0 fully saturated rings. The Bertz CT molecular complexity index is 811. The molecular weight excluding hydrogens is 343 g/mol. The van der Waals surface area contributed by atoms with Crippen molar-refractivity contribution in [2.75, 3.05) is 11.5 Å². The van der Waals surface area contributed by atoms with Gasteiger partial charge in [0.2, 0.25) is 5.78 Å². The Morgan fingerprint density at radius 3 is 2.64 bits per heavy atom. The summed E-state index contributed by atoms with van der Waals surface area (Å²) in [5, 5.41) is 0. The number of hydrogen-bond donors (Lipinski definition) is 0. The largest absolute Gasteiger partial charge is 0.446 e. The average molecular weight is 353 g/mol. The molecule has 10 heteroatoms. The molecule has 0 aliphatic carbocycles. The Balaban J connectivity index is 2.29. The zero-order valence-corrected chi connectivity index (χ0v) is 12.8. The number of rotatable bonds is 5. The number of aromatic nitrogens is 1. The second-order valence-corrected chi connectivity index (χ2v) is 7.79. The van der Waals surface area contributed by atoms with Crippen LogP contribution in [-0.4, -0.2) is 36.2 Å². The number of fused-ring (bicyclic) bond motifs is 1. The summed E-state index contributed by atoms with van der Waals surface area (Å²) in [6, 6.07) is 3.56. The van der Waals surface area contributed by atoms with Crippen LogP contribution in [0.1, 0.15) is 17.6 Å². The van der Waals surface area contributed by atoms with Crippen molar-refractivity contribution in [3.05, 3.63) is 24.1 Å². The van der Waals surface area contributed by atoms with Gasteiger partial charge in [-0.3, -0.25) is 4.79 Å². The molecular formula is C12H10F3NO4S2. The number of alkyl halides is 3. The van der Waals surface area contributed by atoms with Gasteiger partial charge in [0.05, 0.1) is 0 Å². The fraction of sp³-hybridized carbons (Fsp3) is 0.333. The Kier molecular flexibility index (Phi) is 4.52. The Morgan fingerprint density at radius 1 is 1.36 bits per heavy atom. The minimum Gasteiger partial charge on any atom is -0.434 e. The molecule has 0 radical (unpaired) electrons. The van der Waals surface area contributed by atoms with Gasteiger partial charge in [-0.05, 0) is 30.0 Å². The van der Waals surface area contributed by atoms with Gasteiger partial charge in [0.15, 0.2) is 15.4 Å². The number of ketones is 1. The van der Waals surface area contributed by atoms with Crippen LogP contribution in [0.3, 0.4) is 0 Å². The molecule has 120 valence electrons. The van der Waals surface area contributed by atoms with Crippen molar-refractivity contribution in [3.8, 4) is 0 Å². The molecule has 0 atom stereocenters. The van der Waals surface area contributed by atoms with E-state index in [0.29, 0.717) is 0 Å². The lowest BCUT2D eigenvalue weighted by Gasteiger charge is -2.04. The van der Waals surface area contributed by atoms with Crippen LogP contribution in [0.15, 0.2) is 27.5 Å². The van der Waals surface area contributed by atoms with Gasteiger partial charge in [0.1, 0.15) is 11.3 Å². The first-order valence-electron chi connectivity index (χ1n) is 5.99. The molecule has 0 amide bonds.